The van der Waals surface area contributed by atoms with Crippen molar-refractivity contribution in [3.05, 3.63) is 23.7 Å². The highest BCUT2D eigenvalue weighted by atomic mass is 16.5. The summed E-state index contributed by atoms with van der Waals surface area (Å²) >= 11 is 0. The van der Waals surface area contributed by atoms with Gasteiger partial charge >= 0.3 is 0 Å². The number of nitrogens with zero attached hydrogens (tertiary/aromatic N) is 3. The highest BCUT2D eigenvalue weighted by molar-refractivity contribution is 5.82. The SMILES string of the molecule is CCCCOc1ccc(OCCCC)c(N2CCC(=[N+]=[N-])CC2)c1. The van der Waals surface area contributed by atoms with Crippen molar-refractivity contribution >= 4 is 11.4 Å². The van der Waals surface area contributed by atoms with E-state index in [0.717, 1.165) is 87.7 Å². The monoisotopic (exact) mass is 331 g/mol. The Morgan fingerprint density at radius 3 is 2.33 bits per heavy atom. The van der Waals surface area contributed by atoms with Crippen LogP contribution < -0.4 is 14.4 Å². The van der Waals surface area contributed by atoms with E-state index in [9.17, 15) is 0 Å². The van der Waals surface area contributed by atoms with Crippen LogP contribution in [0.5, 0.6) is 11.5 Å². The lowest BCUT2D eigenvalue weighted by molar-refractivity contribution is -0.0119. The van der Waals surface area contributed by atoms with E-state index in [-0.39, 0.29) is 0 Å². The van der Waals surface area contributed by atoms with Crippen LogP contribution in [0.1, 0.15) is 52.4 Å². The number of hydrogen-bond donors (Lipinski definition) is 0. The largest absolute Gasteiger partial charge is 0.494 e. The van der Waals surface area contributed by atoms with Crippen molar-refractivity contribution in [2.45, 2.75) is 52.4 Å². The average molecular weight is 331 g/mol. The van der Waals surface area contributed by atoms with Gasteiger partial charge in [0.05, 0.1) is 31.7 Å². The zero-order chi connectivity index (χ0) is 17.2. The predicted octanol–water partition coefficient (Wildman–Crippen LogP) is 4.32. The van der Waals surface area contributed by atoms with Crippen molar-refractivity contribution in [3.8, 4) is 11.5 Å². The number of unbranched alkanes of at least 4 members (excludes halogenated alkanes) is 2. The first-order chi connectivity index (χ1) is 11.8. The molecule has 2 rings (SSSR count). The fraction of sp³-hybridized carbons (Fsp3) is 0.632. The van der Waals surface area contributed by atoms with E-state index in [4.69, 9.17) is 15.0 Å². The fourth-order valence-electron chi connectivity index (χ4n) is 2.72. The molecular weight excluding hydrogens is 302 g/mol. The van der Waals surface area contributed by atoms with Crippen molar-refractivity contribution < 1.29 is 14.3 Å². The number of benzene rings is 1. The average Bonchev–Trinajstić information content (AvgIpc) is 2.63. The summed E-state index contributed by atoms with van der Waals surface area (Å²) in [5.74, 6) is 1.80. The minimum atomic E-state index is 0.733. The zero-order valence-corrected chi connectivity index (χ0v) is 15.0. The van der Waals surface area contributed by atoms with Gasteiger partial charge in [-0.05, 0) is 25.0 Å². The summed E-state index contributed by atoms with van der Waals surface area (Å²) in [4.78, 5) is 5.65. The third-order valence-electron chi connectivity index (χ3n) is 4.28. The van der Waals surface area contributed by atoms with E-state index in [1.807, 2.05) is 12.1 Å². The van der Waals surface area contributed by atoms with E-state index in [0.29, 0.717) is 0 Å². The molecule has 1 aliphatic rings. The van der Waals surface area contributed by atoms with E-state index in [1.54, 1.807) is 0 Å². The van der Waals surface area contributed by atoms with Gasteiger partial charge in [-0.25, -0.2) is 0 Å². The Bertz CT molecular complexity index is 558. The highest BCUT2D eigenvalue weighted by Gasteiger charge is 2.23. The molecular formula is C19H29N3O2. The Kier molecular flexibility index (Phi) is 7.63. The van der Waals surface area contributed by atoms with Crippen molar-refractivity contribution in [2.24, 2.45) is 0 Å². The second-order valence-electron chi connectivity index (χ2n) is 6.19. The minimum absolute atomic E-state index is 0.733. The molecule has 1 aromatic carbocycles. The molecule has 0 aromatic heterocycles. The van der Waals surface area contributed by atoms with Crippen LogP contribution in [0.3, 0.4) is 0 Å². The van der Waals surface area contributed by atoms with E-state index >= 15 is 0 Å². The van der Waals surface area contributed by atoms with Gasteiger partial charge < -0.3 is 19.9 Å². The summed E-state index contributed by atoms with van der Waals surface area (Å²) in [6.07, 6.45) is 5.92. The summed E-state index contributed by atoms with van der Waals surface area (Å²) in [6, 6.07) is 6.09. The summed E-state index contributed by atoms with van der Waals surface area (Å²) in [6.45, 7) is 7.47. The molecule has 1 heterocycles. The second-order valence-corrected chi connectivity index (χ2v) is 6.19. The molecule has 0 bridgehead atoms. The van der Waals surface area contributed by atoms with Crippen molar-refractivity contribution in [2.75, 3.05) is 31.2 Å². The maximum absolute atomic E-state index is 8.94. The molecule has 1 saturated heterocycles. The highest BCUT2D eigenvalue weighted by Crippen LogP contribution is 2.34. The zero-order valence-electron chi connectivity index (χ0n) is 15.0. The number of rotatable bonds is 9. The van der Waals surface area contributed by atoms with Gasteiger partial charge in [-0.2, -0.15) is 4.79 Å². The molecule has 0 aliphatic carbocycles. The summed E-state index contributed by atoms with van der Waals surface area (Å²) < 4.78 is 11.8. The molecule has 0 atom stereocenters. The smallest absolute Gasteiger partial charge is 0.272 e. The molecule has 0 spiro atoms. The number of hydrogen-bond acceptors (Lipinski definition) is 3. The van der Waals surface area contributed by atoms with Crippen LogP contribution in [0, 0.1) is 0 Å². The fourth-order valence-corrected chi connectivity index (χ4v) is 2.72. The van der Waals surface area contributed by atoms with Crippen LogP contribution in [-0.2, 0) is 0 Å². The van der Waals surface area contributed by atoms with E-state index in [1.165, 1.54) is 0 Å². The van der Waals surface area contributed by atoms with Crippen molar-refractivity contribution in [1.82, 2.24) is 0 Å². The van der Waals surface area contributed by atoms with Gasteiger partial charge in [0.15, 0.2) is 0 Å². The molecule has 1 aromatic rings. The summed E-state index contributed by atoms with van der Waals surface area (Å²) in [7, 11) is 0. The van der Waals surface area contributed by atoms with Gasteiger partial charge in [0.25, 0.3) is 5.71 Å². The first-order valence-corrected chi connectivity index (χ1v) is 9.12. The molecule has 1 aliphatic heterocycles. The number of ether oxygens (including phenoxy) is 2. The van der Waals surface area contributed by atoms with Crippen molar-refractivity contribution in [3.63, 3.8) is 0 Å². The molecule has 0 amide bonds. The molecule has 0 radical (unpaired) electrons. The Morgan fingerprint density at radius 1 is 1.04 bits per heavy atom. The second kappa shape index (κ2) is 9.99. The quantitative estimate of drug-likeness (QED) is 0.385. The van der Waals surface area contributed by atoms with Crippen LogP contribution in [-0.4, -0.2) is 36.8 Å². The molecule has 0 unspecified atom stereocenters. The van der Waals surface area contributed by atoms with Gasteiger partial charge in [0.2, 0.25) is 0 Å². The molecule has 24 heavy (non-hydrogen) atoms. The Hall–Kier alpha value is -2.00. The first kappa shape index (κ1) is 18.3. The Morgan fingerprint density at radius 2 is 1.71 bits per heavy atom. The third kappa shape index (κ3) is 5.27. The standard InChI is InChI=1S/C19H29N3O2/c1-3-5-13-23-17-7-8-19(24-14-6-4-2)18(15-17)22-11-9-16(21-20)10-12-22/h7-8,15H,3-6,9-14H2,1-2H3. The summed E-state index contributed by atoms with van der Waals surface area (Å²) in [5, 5.41) is 0. The molecule has 0 saturated carbocycles. The normalized spacial score (nSPS) is 14.4. The third-order valence-corrected chi connectivity index (χ3v) is 4.28. The van der Waals surface area contributed by atoms with E-state index in [2.05, 4.69) is 29.6 Å². The van der Waals surface area contributed by atoms with Crippen LogP contribution in [0.15, 0.2) is 18.2 Å². The van der Waals surface area contributed by atoms with Crippen LogP contribution in [0.4, 0.5) is 5.69 Å². The Labute approximate surface area is 145 Å². The van der Waals surface area contributed by atoms with Gasteiger partial charge in [-0.15, -0.1) is 0 Å². The van der Waals surface area contributed by atoms with E-state index < -0.39 is 0 Å². The minimum Gasteiger partial charge on any atom is -0.494 e. The van der Waals surface area contributed by atoms with Crippen LogP contribution in [0.25, 0.3) is 5.53 Å². The molecule has 1 fully saturated rings. The topological polar surface area (TPSA) is 58.1 Å². The molecule has 5 nitrogen and oxygen atoms in total. The lowest BCUT2D eigenvalue weighted by atomic mass is 10.1. The van der Waals surface area contributed by atoms with Gasteiger partial charge in [-0.1, -0.05) is 26.7 Å². The maximum atomic E-state index is 8.94. The molecule has 0 N–H and O–H groups in total. The predicted molar refractivity (Wildman–Crippen MR) is 97.3 cm³/mol. The lowest BCUT2D eigenvalue weighted by Gasteiger charge is -2.29. The first-order valence-electron chi connectivity index (χ1n) is 9.12. The van der Waals surface area contributed by atoms with Crippen LogP contribution in [0.2, 0.25) is 0 Å². The van der Waals surface area contributed by atoms with Crippen LogP contribution >= 0.6 is 0 Å². The lowest BCUT2D eigenvalue weighted by Crippen LogP contribution is -2.34. The van der Waals surface area contributed by atoms with Gasteiger partial charge in [0.1, 0.15) is 11.5 Å². The van der Waals surface area contributed by atoms with Gasteiger partial charge in [0, 0.05) is 19.2 Å². The maximum Gasteiger partial charge on any atom is 0.272 e. The molecule has 132 valence electrons. The van der Waals surface area contributed by atoms with Crippen molar-refractivity contribution in [1.29, 1.82) is 0 Å². The number of anilines is 1. The summed E-state index contributed by atoms with van der Waals surface area (Å²) in [5.41, 5.74) is 10.9. The Balaban J connectivity index is 2.12. The number of piperidine rings is 1. The molecule has 5 heteroatoms. The van der Waals surface area contributed by atoms with Gasteiger partial charge in [-0.3, -0.25) is 0 Å².